The van der Waals surface area contributed by atoms with Crippen LogP contribution in [0.25, 0.3) is 0 Å². The molecule has 3 nitrogen and oxygen atoms in total. The Kier molecular flexibility index (Phi) is 10.8. The molecule has 0 saturated carbocycles. The minimum atomic E-state index is -0.0370. The largest absolute Gasteiger partial charge is 0.396 e. The van der Waals surface area contributed by atoms with Crippen molar-refractivity contribution >= 4 is 12.4 Å². The van der Waals surface area contributed by atoms with E-state index in [2.05, 4.69) is 0 Å². The molecule has 0 amide bonds. The Bertz CT molecular complexity index is 48.2. The summed E-state index contributed by atoms with van der Waals surface area (Å²) in [6, 6.07) is -0.0370. The van der Waals surface area contributed by atoms with Crippen LogP contribution >= 0.6 is 12.4 Å². The number of hydrogen-bond donors (Lipinski definition) is 3. The Labute approximate surface area is 61.3 Å². The summed E-state index contributed by atoms with van der Waals surface area (Å²) in [5.74, 6) is 0. The summed E-state index contributed by atoms with van der Waals surface area (Å²) < 4.78 is 0. The number of aliphatic hydroxyl groups is 2. The fourth-order valence-corrected chi connectivity index (χ4v) is 0.476. The van der Waals surface area contributed by atoms with Crippen LogP contribution in [-0.4, -0.2) is 29.5 Å². The number of rotatable bonds is 4. The van der Waals surface area contributed by atoms with Gasteiger partial charge in [-0.15, -0.1) is 12.4 Å². The van der Waals surface area contributed by atoms with Gasteiger partial charge in [0.1, 0.15) is 0 Å². The summed E-state index contributed by atoms with van der Waals surface area (Å²) in [5.41, 5.74) is 5.37. The van der Waals surface area contributed by atoms with Crippen molar-refractivity contribution in [2.24, 2.45) is 5.73 Å². The number of halogens is 1. The predicted octanol–water partition coefficient (Wildman–Crippen LogP) is -0.500. The van der Waals surface area contributed by atoms with Gasteiger partial charge in [0, 0.05) is 19.3 Å². The standard InChI is InChI=1S/C5H13NO2.ClH/c6-5(1-3-7)2-4-8;/h5,7-8H,1-4,6H2;1H. The highest BCUT2D eigenvalue weighted by Crippen LogP contribution is 1.90. The van der Waals surface area contributed by atoms with Gasteiger partial charge in [0.25, 0.3) is 0 Å². The third-order valence-corrected chi connectivity index (χ3v) is 1.000. The van der Waals surface area contributed by atoms with Crippen molar-refractivity contribution in [1.29, 1.82) is 0 Å². The molecule has 4 N–H and O–H groups in total. The van der Waals surface area contributed by atoms with Crippen molar-refractivity contribution in [3.63, 3.8) is 0 Å². The summed E-state index contributed by atoms with van der Waals surface area (Å²) in [7, 11) is 0. The van der Waals surface area contributed by atoms with Crippen molar-refractivity contribution in [3.05, 3.63) is 0 Å². The van der Waals surface area contributed by atoms with Crippen molar-refractivity contribution in [1.82, 2.24) is 0 Å². The first kappa shape index (κ1) is 11.9. The molecule has 0 heterocycles. The van der Waals surface area contributed by atoms with E-state index >= 15 is 0 Å². The third-order valence-electron chi connectivity index (χ3n) is 1.000. The molecule has 0 bridgehead atoms. The summed E-state index contributed by atoms with van der Waals surface area (Å²) in [4.78, 5) is 0. The van der Waals surface area contributed by atoms with Crippen molar-refractivity contribution in [2.45, 2.75) is 18.9 Å². The lowest BCUT2D eigenvalue weighted by molar-refractivity contribution is 0.242. The maximum atomic E-state index is 8.30. The molecule has 0 rings (SSSR count). The maximum absolute atomic E-state index is 8.30. The Morgan fingerprint density at radius 1 is 1.11 bits per heavy atom. The minimum absolute atomic E-state index is 0. The Morgan fingerprint density at radius 2 is 1.44 bits per heavy atom. The zero-order chi connectivity index (χ0) is 6.41. The second kappa shape index (κ2) is 8.17. The van der Waals surface area contributed by atoms with Crippen molar-refractivity contribution in [3.8, 4) is 0 Å². The molecule has 0 radical (unpaired) electrons. The van der Waals surface area contributed by atoms with Crippen LogP contribution in [0.1, 0.15) is 12.8 Å². The van der Waals surface area contributed by atoms with Gasteiger partial charge in [0.15, 0.2) is 0 Å². The highest BCUT2D eigenvalue weighted by molar-refractivity contribution is 5.85. The fraction of sp³-hybridized carbons (Fsp3) is 1.00. The van der Waals surface area contributed by atoms with Crippen LogP contribution in [0.15, 0.2) is 0 Å². The summed E-state index contributed by atoms with van der Waals surface area (Å²) >= 11 is 0. The molecule has 0 spiro atoms. The molecule has 0 aromatic carbocycles. The smallest absolute Gasteiger partial charge is 0.0445 e. The molecule has 58 valence electrons. The quantitative estimate of drug-likeness (QED) is 0.513. The van der Waals surface area contributed by atoms with Gasteiger partial charge in [-0.2, -0.15) is 0 Å². The molecule has 0 aliphatic carbocycles. The molecule has 9 heavy (non-hydrogen) atoms. The first-order valence-corrected chi connectivity index (χ1v) is 2.78. The second-order valence-electron chi connectivity index (χ2n) is 1.78. The zero-order valence-corrected chi connectivity index (χ0v) is 6.10. The van der Waals surface area contributed by atoms with Gasteiger partial charge in [-0.3, -0.25) is 0 Å². The van der Waals surface area contributed by atoms with E-state index in [1.165, 1.54) is 0 Å². The van der Waals surface area contributed by atoms with E-state index in [1.54, 1.807) is 0 Å². The van der Waals surface area contributed by atoms with E-state index < -0.39 is 0 Å². The highest BCUT2D eigenvalue weighted by atomic mass is 35.5. The molecule has 0 fully saturated rings. The van der Waals surface area contributed by atoms with Crippen LogP contribution in [0.2, 0.25) is 0 Å². The summed E-state index contributed by atoms with van der Waals surface area (Å²) in [5, 5.41) is 16.6. The van der Waals surface area contributed by atoms with Crippen LogP contribution in [0.4, 0.5) is 0 Å². The normalized spacial score (nSPS) is 9.33. The number of aliphatic hydroxyl groups excluding tert-OH is 2. The van der Waals surface area contributed by atoms with Gasteiger partial charge < -0.3 is 15.9 Å². The zero-order valence-electron chi connectivity index (χ0n) is 5.29. The topological polar surface area (TPSA) is 66.5 Å². The van der Waals surface area contributed by atoms with Gasteiger partial charge in [0.2, 0.25) is 0 Å². The minimum Gasteiger partial charge on any atom is -0.396 e. The van der Waals surface area contributed by atoms with Gasteiger partial charge >= 0.3 is 0 Å². The molecule has 0 aliphatic heterocycles. The number of nitrogens with two attached hydrogens (primary N) is 1. The first-order valence-electron chi connectivity index (χ1n) is 2.78. The van der Waals surface area contributed by atoms with Crippen molar-refractivity contribution < 1.29 is 10.2 Å². The first-order chi connectivity index (χ1) is 3.81. The molecular formula is C5H14ClNO2. The third kappa shape index (κ3) is 8.17. The molecule has 0 saturated heterocycles. The average Bonchev–Trinajstić information content (AvgIpc) is 1.68. The SMILES string of the molecule is Cl.NC(CCO)CCO. The Hall–Kier alpha value is 0.170. The van der Waals surface area contributed by atoms with E-state index in [4.69, 9.17) is 15.9 Å². The van der Waals surface area contributed by atoms with Gasteiger partial charge in [-0.05, 0) is 12.8 Å². The van der Waals surface area contributed by atoms with E-state index in [9.17, 15) is 0 Å². The molecule has 4 heteroatoms. The Balaban J connectivity index is 0. The highest BCUT2D eigenvalue weighted by Gasteiger charge is 1.97. The predicted molar refractivity (Wildman–Crippen MR) is 38.6 cm³/mol. The lowest BCUT2D eigenvalue weighted by Gasteiger charge is -2.05. The van der Waals surface area contributed by atoms with E-state index in [1.807, 2.05) is 0 Å². The Morgan fingerprint density at radius 3 is 1.67 bits per heavy atom. The fourth-order valence-electron chi connectivity index (χ4n) is 0.476. The van der Waals surface area contributed by atoms with E-state index in [0.29, 0.717) is 12.8 Å². The van der Waals surface area contributed by atoms with Crippen LogP contribution in [0.3, 0.4) is 0 Å². The van der Waals surface area contributed by atoms with Gasteiger partial charge in [-0.1, -0.05) is 0 Å². The van der Waals surface area contributed by atoms with Crippen molar-refractivity contribution in [2.75, 3.05) is 13.2 Å². The maximum Gasteiger partial charge on any atom is 0.0445 e. The lowest BCUT2D eigenvalue weighted by atomic mass is 10.2. The second-order valence-corrected chi connectivity index (χ2v) is 1.78. The van der Waals surface area contributed by atoms with Crippen LogP contribution in [-0.2, 0) is 0 Å². The van der Waals surface area contributed by atoms with Gasteiger partial charge in [0.05, 0.1) is 0 Å². The molecule has 0 aliphatic rings. The summed E-state index contributed by atoms with van der Waals surface area (Å²) in [6.45, 7) is 0.225. The number of hydrogen-bond acceptors (Lipinski definition) is 3. The van der Waals surface area contributed by atoms with Gasteiger partial charge in [-0.25, -0.2) is 0 Å². The molecule has 0 unspecified atom stereocenters. The molecule has 0 aromatic rings. The summed E-state index contributed by atoms with van der Waals surface area (Å²) in [6.07, 6.45) is 1.17. The average molecular weight is 156 g/mol. The van der Waals surface area contributed by atoms with Crippen LogP contribution < -0.4 is 5.73 Å². The lowest BCUT2D eigenvalue weighted by Crippen LogP contribution is -2.22. The monoisotopic (exact) mass is 155 g/mol. The molecule has 0 atom stereocenters. The molecular weight excluding hydrogens is 142 g/mol. The van der Waals surface area contributed by atoms with Crippen LogP contribution in [0, 0.1) is 0 Å². The van der Waals surface area contributed by atoms with Crippen LogP contribution in [0.5, 0.6) is 0 Å². The van der Waals surface area contributed by atoms with E-state index in [0.717, 1.165) is 0 Å². The van der Waals surface area contributed by atoms with E-state index in [-0.39, 0.29) is 31.7 Å². The molecule has 0 aromatic heterocycles.